The molecule has 0 aliphatic carbocycles. The predicted octanol–water partition coefficient (Wildman–Crippen LogP) is 1.55. The Kier molecular flexibility index (Phi) is 7.19. The largest absolute Gasteiger partial charge is 0.344 e. The molecule has 94 valence electrons. The van der Waals surface area contributed by atoms with E-state index in [0.29, 0.717) is 6.26 Å². The minimum Gasteiger partial charge on any atom is -0.344 e. The Morgan fingerprint density at radius 3 is 1.56 bits per heavy atom. The highest BCUT2D eigenvalue weighted by Crippen LogP contribution is 2.14. The van der Waals surface area contributed by atoms with Gasteiger partial charge in [0.2, 0.25) is 0 Å². The van der Waals surface area contributed by atoms with Crippen LogP contribution in [0.3, 0.4) is 0 Å². The average Bonchev–Trinajstić information content (AvgIpc) is 2.01. The Morgan fingerprint density at radius 1 is 1.06 bits per heavy atom. The van der Waals surface area contributed by atoms with Crippen LogP contribution in [0.15, 0.2) is 30.3 Å². The number of rotatable bonds is 1. The number of hydrogen-bond donors (Lipinski definition) is 2. The van der Waals surface area contributed by atoms with Crippen LogP contribution < -0.4 is 10.6 Å². The maximum atomic E-state index is 9.19. The highest BCUT2D eigenvalue weighted by atomic mass is 32.2. The van der Waals surface area contributed by atoms with Crippen molar-refractivity contribution in [2.75, 3.05) is 27.4 Å². The molecule has 0 saturated carbocycles. The van der Waals surface area contributed by atoms with Crippen LogP contribution in [0.5, 0.6) is 0 Å². The average molecular weight is 249 g/mol. The van der Waals surface area contributed by atoms with Gasteiger partial charge in [0.05, 0.1) is 27.4 Å². The van der Waals surface area contributed by atoms with Gasteiger partial charge in [-0.15, -0.1) is 0 Å². The molecular weight excluding hydrogens is 228 g/mol. The maximum Gasteiger partial charge on any atom is 0.261 e. The third kappa shape index (κ3) is 11.1. The fourth-order valence-electron chi connectivity index (χ4n) is 0.875. The quantitative estimate of drug-likeness (QED) is 0.583. The van der Waals surface area contributed by atoms with Gasteiger partial charge in [-0.05, 0) is 12.1 Å². The number of benzene rings is 1. The third-order valence-electron chi connectivity index (χ3n) is 1.53. The Bertz CT molecular complexity index is 374. The van der Waals surface area contributed by atoms with Crippen molar-refractivity contribution in [3.05, 3.63) is 30.3 Å². The first-order valence-electron chi connectivity index (χ1n) is 4.40. The minimum atomic E-state index is -3.67. The summed E-state index contributed by atoms with van der Waals surface area (Å²) in [5, 5.41) is 0. The summed E-state index contributed by atoms with van der Waals surface area (Å²) in [6.07, 6.45) is 0.715. The predicted molar refractivity (Wildman–Crippen MR) is 68.5 cm³/mol. The molecule has 0 heterocycles. The van der Waals surface area contributed by atoms with Crippen molar-refractivity contribution in [1.29, 1.82) is 0 Å². The van der Waals surface area contributed by atoms with Gasteiger partial charge in [0, 0.05) is 0 Å². The van der Waals surface area contributed by atoms with E-state index in [1.54, 1.807) is 0 Å². The SMILES string of the molecule is CS(=O)(=O)O.C[N+](C)(C)c1ccccc1.N. The number of nitrogens with zero attached hydrogens (tertiary/aromatic N) is 1. The normalized spacial score (nSPS) is 10.8. The maximum absolute atomic E-state index is 9.19. The van der Waals surface area contributed by atoms with E-state index >= 15 is 0 Å². The summed E-state index contributed by atoms with van der Waals surface area (Å²) in [6, 6.07) is 10.5. The molecule has 0 bridgehead atoms. The van der Waals surface area contributed by atoms with E-state index in [4.69, 9.17) is 4.55 Å². The van der Waals surface area contributed by atoms with Crippen LogP contribution in [-0.4, -0.2) is 40.4 Å². The smallest absolute Gasteiger partial charge is 0.261 e. The summed E-state index contributed by atoms with van der Waals surface area (Å²) in [6.45, 7) is 0. The molecule has 0 radical (unpaired) electrons. The van der Waals surface area contributed by atoms with Gasteiger partial charge in [-0.2, -0.15) is 8.42 Å². The molecule has 0 saturated heterocycles. The summed E-state index contributed by atoms with van der Waals surface area (Å²) in [5.41, 5.74) is 1.34. The lowest BCUT2D eigenvalue weighted by atomic mass is 10.3. The minimum absolute atomic E-state index is 0. The number of quaternary nitrogens is 1. The second kappa shape index (κ2) is 6.59. The van der Waals surface area contributed by atoms with Crippen molar-refractivity contribution in [2.45, 2.75) is 0 Å². The molecule has 0 fully saturated rings. The van der Waals surface area contributed by atoms with Gasteiger partial charge in [0.15, 0.2) is 0 Å². The molecule has 6 heteroatoms. The van der Waals surface area contributed by atoms with Crippen molar-refractivity contribution in [3.63, 3.8) is 0 Å². The van der Waals surface area contributed by atoms with Gasteiger partial charge in [-0.3, -0.25) is 9.04 Å². The molecular formula is C10H21N2O3S+. The lowest BCUT2D eigenvalue weighted by Gasteiger charge is -2.22. The van der Waals surface area contributed by atoms with Gasteiger partial charge in [0.1, 0.15) is 5.69 Å². The van der Waals surface area contributed by atoms with Crippen molar-refractivity contribution in [3.8, 4) is 0 Å². The fourth-order valence-corrected chi connectivity index (χ4v) is 0.875. The van der Waals surface area contributed by atoms with Crippen molar-refractivity contribution < 1.29 is 13.0 Å². The van der Waals surface area contributed by atoms with Crippen LogP contribution in [0.1, 0.15) is 0 Å². The first-order valence-corrected chi connectivity index (χ1v) is 6.25. The summed E-state index contributed by atoms with van der Waals surface area (Å²) in [4.78, 5) is 0. The highest BCUT2D eigenvalue weighted by molar-refractivity contribution is 7.85. The monoisotopic (exact) mass is 249 g/mol. The van der Waals surface area contributed by atoms with E-state index in [-0.39, 0.29) is 6.15 Å². The molecule has 1 aromatic rings. The molecule has 0 unspecified atom stereocenters. The highest BCUT2D eigenvalue weighted by Gasteiger charge is 2.08. The van der Waals surface area contributed by atoms with Crippen molar-refractivity contribution >= 4 is 15.8 Å². The second-order valence-corrected chi connectivity index (χ2v) is 5.55. The standard InChI is InChI=1S/C9H14N.CH4O3S.H3N/c1-10(2,3)9-7-5-4-6-8-9;1-5(2,3)4;/h4-8H,1-3H3;1H3,(H,2,3,4);1H3/q+1;;. The molecule has 1 rings (SSSR count). The lowest BCUT2D eigenvalue weighted by molar-refractivity contribution is 0.486. The van der Waals surface area contributed by atoms with Crippen molar-refractivity contribution in [2.24, 2.45) is 0 Å². The van der Waals surface area contributed by atoms with Gasteiger partial charge in [0.25, 0.3) is 10.1 Å². The zero-order valence-electron chi connectivity index (χ0n) is 10.2. The molecule has 0 amide bonds. The summed E-state index contributed by atoms with van der Waals surface area (Å²) in [7, 11) is 2.82. The lowest BCUT2D eigenvalue weighted by Crippen LogP contribution is -2.34. The van der Waals surface area contributed by atoms with Crippen LogP contribution >= 0.6 is 0 Å². The van der Waals surface area contributed by atoms with Crippen LogP contribution in [0, 0.1) is 0 Å². The summed E-state index contributed by atoms with van der Waals surface area (Å²) in [5.74, 6) is 0. The van der Waals surface area contributed by atoms with E-state index in [0.717, 1.165) is 4.48 Å². The second-order valence-electron chi connectivity index (χ2n) is 4.08. The summed E-state index contributed by atoms with van der Waals surface area (Å²) >= 11 is 0. The topological polar surface area (TPSA) is 89.4 Å². The zero-order valence-corrected chi connectivity index (χ0v) is 11.0. The van der Waals surface area contributed by atoms with Gasteiger partial charge < -0.3 is 6.15 Å². The van der Waals surface area contributed by atoms with Crippen LogP contribution in [0.25, 0.3) is 0 Å². The Hall–Kier alpha value is -0.950. The van der Waals surface area contributed by atoms with E-state index in [9.17, 15) is 8.42 Å². The Morgan fingerprint density at radius 2 is 1.38 bits per heavy atom. The van der Waals surface area contributed by atoms with Gasteiger partial charge in [-0.1, -0.05) is 18.2 Å². The van der Waals surface area contributed by atoms with E-state index < -0.39 is 10.1 Å². The molecule has 16 heavy (non-hydrogen) atoms. The molecule has 0 spiro atoms. The molecule has 1 aromatic carbocycles. The van der Waals surface area contributed by atoms with Gasteiger partial charge in [-0.25, -0.2) is 0 Å². The molecule has 0 aliphatic rings. The fraction of sp³-hybridized carbons (Fsp3) is 0.400. The molecule has 0 aliphatic heterocycles. The Labute approximate surface area is 97.6 Å². The van der Waals surface area contributed by atoms with Crippen LogP contribution in [-0.2, 0) is 10.1 Å². The molecule has 4 N–H and O–H groups in total. The first kappa shape index (κ1) is 17.4. The summed E-state index contributed by atoms with van der Waals surface area (Å²) < 4.78 is 26.8. The third-order valence-corrected chi connectivity index (χ3v) is 1.53. The Balaban J connectivity index is 0. The van der Waals surface area contributed by atoms with Gasteiger partial charge >= 0.3 is 0 Å². The molecule has 0 atom stereocenters. The van der Waals surface area contributed by atoms with Crippen LogP contribution in [0.4, 0.5) is 5.69 Å². The van der Waals surface area contributed by atoms with Crippen molar-refractivity contribution in [1.82, 2.24) is 10.6 Å². The number of para-hydroxylation sites is 1. The zero-order chi connectivity index (χ0) is 12.1. The van der Waals surface area contributed by atoms with E-state index in [1.807, 2.05) is 6.07 Å². The number of hydrogen-bond acceptors (Lipinski definition) is 3. The van der Waals surface area contributed by atoms with E-state index in [1.165, 1.54) is 5.69 Å². The van der Waals surface area contributed by atoms with E-state index in [2.05, 4.69) is 45.4 Å². The molecule has 0 aromatic heterocycles. The molecule has 5 nitrogen and oxygen atoms in total. The first-order chi connectivity index (χ1) is 6.61. The van der Waals surface area contributed by atoms with Crippen LogP contribution in [0.2, 0.25) is 0 Å².